The van der Waals surface area contributed by atoms with Crippen LogP contribution in [0.15, 0.2) is 30.5 Å². The molecule has 1 unspecified atom stereocenters. The van der Waals surface area contributed by atoms with Crippen molar-refractivity contribution < 1.29 is 0 Å². The molecule has 21 heavy (non-hydrogen) atoms. The summed E-state index contributed by atoms with van der Waals surface area (Å²) >= 11 is 0. The number of aromatic nitrogens is 1. The standard InChI is InChI=1S/C17H24N4/c1-3-20(4-2)13-9-11-21(12-13)16-8-7-15(18)17-14(16)6-5-10-19-17/h5-8,10,13H,3-4,9,11-12,18H2,1-2H3. The van der Waals surface area contributed by atoms with Crippen molar-refractivity contribution in [2.75, 3.05) is 36.8 Å². The summed E-state index contributed by atoms with van der Waals surface area (Å²) in [6, 6.07) is 8.89. The molecule has 1 fully saturated rings. The first-order valence-electron chi connectivity index (χ1n) is 7.86. The van der Waals surface area contributed by atoms with Crippen molar-refractivity contribution in [2.24, 2.45) is 0 Å². The zero-order chi connectivity index (χ0) is 14.8. The minimum absolute atomic E-state index is 0.657. The molecule has 2 heterocycles. The summed E-state index contributed by atoms with van der Waals surface area (Å²) < 4.78 is 0. The van der Waals surface area contributed by atoms with Gasteiger partial charge >= 0.3 is 0 Å². The van der Waals surface area contributed by atoms with E-state index in [9.17, 15) is 0 Å². The van der Waals surface area contributed by atoms with Gasteiger partial charge in [0.1, 0.15) is 0 Å². The highest BCUT2D eigenvalue weighted by molar-refractivity contribution is 5.98. The molecular weight excluding hydrogens is 260 g/mol. The largest absolute Gasteiger partial charge is 0.397 e. The fourth-order valence-electron chi connectivity index (χ4n) is 3.45. The molecule has 4 nitrogen and oxygen atoms in total. The van der Waals surface area contributed by atoms with Gasteiger partial charge in [-0.05, 0) is 43.8 Å². The summed E-state index contributed by atoms with van der Waals surface area (Å²) in [5.74, 6) is 0. The van der Waals surface area contributed by atoms with Gasteiger partial charge in [0.05, 0.1) is 11.2 Å². The Morgan fingerprint density at radius 3 is 2.86 bits per heavy atom. The van der Waals surface area contributed by atoms with Crippen LogP contribution in [0.3, 0.4) is 0 Å². The topological polar surface area (TPSA) is 45.4 Å². The van der Waals surface area contributed by atoms with Gasteiger partial charge in [-0.2, -0.15) is 0 Å². The molecule has 1 aliphatic rings. The van der Waals surface area contributed by atoms with E-state index in [-0.39, 0.29) is 0 Å². The van der Waals surface area contributed by atoms with Crippen molar-refractivity contribution in [1.82, 2.24) is 9.88 Å². The SMILES string of the molecule is CCN(CC)C1CCN(c2ccc(N)c3ncccc23)C1. The maximum absolute atomic E-state index is 6.05. The molecule has 1 aromatic heterocycles. The lowest BCUT2D eigenvalue weighted by atomic mass is 10.1. The van der Waals surface area contributed by atoms with Gasteiger partial charge in [-0.25, -0.2) is 0 Å². The molecule has 0 radical (unpaired) electrons. The Morgan fingerprint density at radius 2 is 2.10 bits per heavy atom. The van der Waals surface area contributed by atoms with Gasteiger partial charge in [0, 0.05) is 36.4 Å². The zero-order valence-electron chi connectivity index (χ0n) is 12.9. The zero-order valence-corrected chi connectivity index (χ0v) is 12.9. The number of hydrogen-bond donors (Lipinski definition) is 1. The highest BCUT2D eigenvalue weighted by Crippen LogP contribution is 2.32. The van der Waals surface area contributed by atoms with E-state index in [0.29, 0.717) is 6.04 Å². The summed E-state index contributed by atoms with van der Waals surface area (Å²) in [4.78, 5) is 9.47. The Balaban J connectivity index is 1.91. The van der Waals surface area contributed by atoms with Crippen molar-refractivity contribution in [3.05, 3.63) is 30.5 Å². The number of fused-ring (bicyclic) bond motifs is 1. The fourth-order valence-corrected chi connectivity index (χ4v) is 3.45. The fraction of sp³-hybridized carbons (Fsp3) is 0.471. The van der Waals surface area contributed by atoms with Gasteiger partial charge in [-0.15, -0.1) is 0 Å². The lowest BCUT2D eigenvalue weighted by Gasteiger charge is -2.27. The Bertz CT molecular complexity index is 621. The third-order valence-electron chi connectivity index (χ3n) is 4.61. The minimum atomic E-state index is 0.657. The molecular formula is C17H24N4. The van der Waals surface area contributed by atoms with E-state index in [1.54, 1.807) is 0 Å². The predicted octanol–water partition coefficient (Wildman–Crippen LogP) is 2.74. The minimum Gasteiger partial charge on any atom is -0.397 e. The molecule has 1 atom stereocenters. The van der Waals surface area contributed by atoms with Gasteiger partial charge in [0.15, 0.2) is 0 Å². The molecule has 0 amide bonds. The number of nitrogens with two attached hydrogens (primary N) is 1. The lowest BCUT2D eigenvalue weighted by Crippen LogP contribution is -2.37. The van der Waals surface area contributed by atoms with Crippen molar-refractivity contribution in [2.45, 2.75) is 26.3 Å². The first-order valence-corrected chi connectivity index (χ1v) is 7.86. The van der Waals surface area contributed by atoms with Crippen LogP contribution in [-0.4, -0.2) is 42.1 Å². The molecule has 2 aromatic rings. The smallest absolute Gasteiger partial charge is 0.0951 e. The van der Waals surface area contributed by atoms with Crippen molar-refractivity contribution in [3.63, 3.8) is 0 Å². The Hall–Kier alpha value is -1.81. The summed E-state index contributed by atoms with van der Waals surface area (Å²) in [5.41, 5.74) is 8.99. The van der Waals surface area contributed by atoms with E-state index < -0.39 is 0 Å². The Morgan fingerprint density at radius 1 is 1.29 bits per heavy atom. The van der Waals surface area contributed by atoms with Gasteiger partial charge in [0.2, 0.25) is 0 Å². The second-order valence-corrected chi connectivity index (χ2v) is 5.68. The van der Waals surface area contributed by atoms with E-state index >= 15 is 0 Å². The Kier molecular flexibility index (Phi) is 3.97. The number of likely N-dealkylation sites (N-methyl/N-ethyl adjacent to an activating group) is 1. The van der Waals surface area contributed by atoms with E-state index in [4.69, 9.17) is 5.73 Å². The summed E-state index contributed by atoms with van der Waals surface area (Å²) in [6.45, 7) is 8.94. The van der Waals surface area contributed by atoms with Gasteiger partial charge in [0.25, 0.3) is 0 Å². The maximum atomic E-state index is 6.05. The second-order valence-electron chi connectivity index (χ2n) is 5.68. The van der Waals surface area contributed by atoms with Crippen LogP contribution >= 0.6 is 0 Å². The molecule has 1 saturated heterocycles. The highest BCUT2D eigenvalue weighted by atomic mass is 15.3. The maximum Gasteiger partial charge on any atom is 0.0951 e. The van der Waals surface area contributed by atoms with Gasteiger partial charge < -0.3 is 10.6 Å². The molecule has 0 spiro atoms. The third kappa shape index (κ3) is 2.56. The first-order chi connectivity index (χ1) is 10.2. The number of benzene rings is 1. The van der Waals surface area contributed by atoms with Crippen LogP contribution in [0.5, 0.6) is 0 Å². The lowest BCUT2D eigenvalue weighted by molar-refractivity contribution is 0.232. The van der Waals surface area contributed by atoms with Crippen LogP contribution in [0.1, 0.15) is 20.3 Å². The van der Waals surface area contributed by atoms with Gasteiger partial charge in [-0.1, -0.05) is 13.8 Å². The Labute approximate surface area is 126 Å². The number of rotatable bonds is 4. The van der Waals surface area contributed by atoms with Gasteiger partial charge in [-0.3, -0.25) is 9.88 Å². The molecule has 3 rings (SSSR count). The predicted molar refractivity (Wildman–Crippen MR) is 89.7 cm³/mol. The molecule has 0 bridgehead atoms. The third-order valence-corrected chi connectivity index (χ3v) is 4.61. The summed E-state index contributed by atoms with van der Waals surface area (Å²) in [5, 5.41) is 1.16. The number of nitrogen functional groups attached to an aromatic ring is 1. The molecule has 112 valence electrons. The molecule has 1 aromatic carbocycles. The van der Waals surface area contributed by atoms with Crippen molar-refractivity contribution >= 4 is 22.3 Å². The first kappa shape index (κ1) is 14.1. The number of pyridine rings is 1. The van der Waals surface area contributed by atoms with E-state index in [0.717, 1.165) is 42.8 Å². The van der Waals surface area contributed by atoms with Crippen LogP contribution in [0.4, 0.5) is 11.4 Å². The molecule has 2 N–H and O–H groups in total. The van der Waals surface area contributed by atoms with E-state index in [1.165, 1.54) is 12.1 Å². The molecule has 0 aliphatic carbocycles. The van der Waals surface area contributed by atoms with E-state index in [2.05, 4.69) is 40.8 Å². The summed E-state index contributed by atoms with van der Waals surface area (Å²) in [7, 11) is 0. The monoisotopic (exact) mass is 284 g/mol. The van der Waals surface area contributed by atoms with Crippen LogP contribution in [-0.2, 0) is 0 Å². The number of hydrogen-bond acceptors (Lipinski definition) is 4. The molecule has 1 aliphatic heterocycles. The van der Waals surface area contributed by atoms with Crippen LogP contribution in [0.25, 0.3) is 10.9 Å². The molecule has 4 heteroatoms. The van der Waals surface area contributed by atoms with Crippen LogP contribution in [0, 0.1) is 0 Å². The number of anilines is 2. The normalized spacial score (nSPS) is 18.8. The van der Waals surface area contributed by atoms with Crippen LogP contribution < -0.4 is 10.6 Å². The van der Waals surface area contributed by atoms with Crippen molar-refractivity contribution in [1.29, 1.82) is 0 Å². The van der Waals surface area contributed by atoms with Crippen LogP contribution in [0.2, 0.25) is 0 Å². The van der Waals surface area contributed by atoms with E-state index in [1.807, 2.05) is 18.3 Å². The van der Waals surface area contributed by atoms with Crippen molar-refractivity contribution in [3.8, 4) is 0 Å². The highest BCUT2D eigenvalue weighted by Gasteiger charge is 2.27. The summed E-state index contributed by atoms with van der Waals surface area (Å²) in [6.07, 6.45) is 3.04. The number of nitrogens with zero attached hydrogens (tertiary/aromatic N) is 3. The average molecular weight is 284 g/mol. The quantitative estimate of drug-likeness (QED) is 0.877. The second kappa shape index (κ2) is 5.90. The molecule has 0 saturated carbocycles. The average Bonchev–Trinajstić information content (AvgIpc) is 2.99.